The molecule has 180 valence electrons. The fourth-order valence-electron chi connectivity index (χ4n) is 4.47. The molecule has 2 aromatic rings. The number of sulfonamides is 2. The summed E-state index contributed by atoms with van der Waals surface area (Å²) in [5.41, 5.74) is 0. The quantitative estimate of drug-likeness (QED) is 0.372. The van der Waals surface area contributed by atoms with Gasteiger partial charge in [0.05, 0.1) is 23.0 Å². The van der Waals surface area contributed by atoms with Crippen molar-refractivity contribution >= 4 is 20.0 Å². The Morgan fingerprint density at radius 3 is 1.45 bits per heavy atom. The molecule has 2 fully saturated rings. The van der Waals surface area contributed by atoms with Gasteiger partial charge in [0.2, 0.25) is 20.0 Å². The second-order valence-electron chi connectivity index (χ2n) is 8.31. The van der Waals surface area contributed by atoms with Gasteiger partial charge in [-0.05, 0) is 49.9 Å². The highest BCUT2D eigenvalue weighted by Crippen LogP contribution is 2.27. The van der Waals surface area contributed by atoms with Crippen molar-refractivity contribution in [2.45, 2.75) is 47.6 Å². The molecule has 0 N–H and O–H groups in total. The van der Waals surface area contributed by atoms with Crippen LogP contribution in [0.15, 0.2) is 70.5 Å². The molecule has 0 aliphatic carbocycles. The maximum Gasteiger partial charge on any atom is 0.243 e. The number of hydrogen-bond donors (Lipinski definition) is 0. The first-order valence-corrected chi connectivity index (χ1v) is 14.1. The Hall–Kier alpha value is -1.82. The molecule has 0 aromatic heterocycles. The molecule has 0 saturated carbocycles. The van der Waals surface area contributed by atoms with E-state index in [-0.39, 0.29) is 41.9 Å². The number of hydrogen-bond acceptors (Lipinski definition) is 6. The van der Waals surface area contributed by atoms with E-state index < -0.39 is 20.0 Å². The summed E-state index contributed by atoms with van der Waals surface area (Å²) >= 11 is 0. The highest BCUT2D eigenvalue weighted by molar-refractivity contribution is 7.89. The minimum absolute atomic E-state index is 0.00848. The minimum atomic E-state index is -3.55. The van der Waals surface area contributed by atoms with E-state index in [0.717, 1.165) is 25.7 Å². The molecule has 0 bridgehead atoms. The van der Waals surface area contributed by atoms with Crippen LogP contribution >= 0.6 is 0 Å². The lowest BCUT2D eigenvalue weighted by atomic mass is 10.2. The van der Waals surface area contributed by atoms with Crippen molar-refractivity contribution in [3.8, 4) is 0 Å². The molecule has 0 unspecified atom stereocenters. The molecular weight excluding hydrogens is 464 g/mol. The zero-order valence-electron chi connectivity index (χ0n) is 18.5. The first-order valence-electron chi connectivity index (χ1n) is 11.2. The van der Waals surface area contributed by atoms with Crippen molar-refractivity contribution in [1.29, 1.82) is 0 Å². The minimum Gasteiger partial charge on any atom is -0.354 e. The Kier molecular flexibility index (Phi) is 7.83. The molecule has 4 rings (SSSR count). The Balaban J connectivity index is 1.26. The van der Waals surface area contributed by atoms with Crippen molar-refractivity contribution in [1.82, 2.24) is 8.61 Å². The summed E-state index contributed by atoms with van der Waals surface area (Å²) in [6.45, 7) is 1.41. The van der Waals surface area contributed by atoms with E-state index in [4.69, 9.17) is 9.47 Å². The molecular formula is C23H30N2O6S2. The van der Waals surface area contributed by atoms with E-state index in [1.54, 1.807) is 60.7 Å². The maximum atomic E-state index is 12.9. The zero-order chi connectivity index (χ0) is 23.3. The Bertz CT molecular complexity index is 1020. The van der Waals surface area contributed by atoms with Crippen LogP contribution in [0.25, 0.3) is 0 Å². The molecule has 2 aromatic carbocycles. The summed E-state index contributed by atoms with van der Waals surface area (Å²) in [5, 5.41) is 0. The van der Waals surface area contributed by atoms with Gasteiger partial charge >= 0.3 is 0 Å². The third-order valence-electron chi connectivity index (χ3n) is 6.13. The SMILES string of the molecule is O=S(=O)(c1ccccc1)N1CCC[C@H]1COCOC[C@@H]1CCCN1S(=O)(=O)c1ccccc1. The molecule has 0 radical (unpaired) electrons. The van der Waals surface area contributed by atoms with Gasteiger partial charge in [0.25, 0.3) is 0 Å². The first kappa shape index (κ1) is 24.3. The molecule has 2 aliphatic rings. The Labute approximate surface area is 196 Å². The molecule has 0 spiro atoms. The van der Waals surface area contributed by atoms with E-state index >= 15 is 0 Å². The van der Waals surface area contributed by atoms with Gasteiger partial charge < -0.3 is 9.47 Å². The standard InChI is InChI=1S/C23H30N2O6S2/c26-32(27,22-11-3-1-4-12-22)24-15-7-9-20(24)17-30-19-31-18-21-10-8-16-25(21)33(28,29)23-13-5-2-6-14-23/h1-6,11-14,20-21H,7-10,15-19H2/t20-,21-/m0/s1. The lowest BCUT2D eigenvalue weighted by molar-refractivity contribution is -0.0707. The zero-order valence-corrected chi connectivity index (χ0v) is 20.1. The smallest absolute Gasteiger partial charge is 0.243 e. The fourth-order valence-corrected chi connectivity index (χ4v) is 7.87. The normalized spacial score (nSPS) is 22.7. The van der Waals surface area contributed by atoms with Crippen molar-refractivity contribution in [3.63, 3.8) is 0 Å². The van der Waals surface area contributed by atoms with Crippen molar-refractivity contribution in [2.75, 3.05) is 33.1 Å². The number of rotatable bonds is 10. The highest BCUT2D eigenvalue weighted by Gasteiger charge is 2.36. The van der Waals surface area contributed by atoms with E-state index in [1.807, 2.05) is 0 Å². The average Bonchev–Trinajstić information content (AvgIpc) is 3.50. The van der Waals surface area contributed by atoms with Gasteiger partial charge in [-0.15, -0.1) is 0 Å². The summed E-state index contributed by atoms with van der Waals surface area (Å²) in [7, 11) is -7.11. The number of ether oxygens (including phenoxy) is 2. The predicted octanol–water partition coefficient (Wildman–Crippen LogP) is 2.68. The van der Waals surface area contributed by atoms with Gasteiger partial charge in [-0.25, -0.2) is 16.8 Å². The van der Waals surface area contributed by atoms with Crippen LogP contribution in [0.1, 0.15) is 25.7 Å². The van der Waals surface area contributed by atoms with Crippen LogP contribution in [0.3, 0.4) is 0 Å². The van der Waals surface area contributed by atoms with Gasteiger partial charge in [0, 0.05) is 25.2 Å². The van der Waals surface area contributed by atoms with E-state index in [1.165, 1.54) is 8.61 Å². The molecule has 0 amide bonds. The van der Waals surface area contributed by atoms with Crippen LogP contribution in [0.2, 0.25) is 0 Å². The van der Waals surface area contributed by atoms with Crippen LogP contribution in [0.5, 0.6) is 0 Å². The lowest BCUT2D eigenvalue weighted by Crippen LogP contribution is -2.39. The third kappa shape index (κ3) is 5.47. The monoisotopic (exact) mass is 494 g/mol. The van der Waals surface area contributed by atoms with Crippen molar-refractivity contribution in [2.24, 2.45) is 0 Å². The number of benzene rings is 2. The molecule has 33 heavy (non-hydrogen) atoms. The third-order valence-corrected chi connectivity index (χ3v) is 10.1. The van der Waals surface area contributed by atoms with E-state index in [9.17, 15) is 16.8 Å². The summed E-state index contributed by atoms with van der Waals surface area (Å²) in [5.74, 6) is 0. The summed E-state index contributed by atoms with van der Waals surface area (Å²) in [6.07, 6.45) is 3.04. The Morgan fingerprint density at radius 1 is 0.667 bits per heavy atom. The fraction of sp³-hybridized carbons (Fsp3) is 0.478. The Morgan fingerprint density at radius 2 is 1.06 bits per heavy atom. The summed E-state index contributed by atoms with van der Waals surface area (Å²) in [6, 6.07) is 16.4. The van der Waals surface area contributed by atoms with Gasteiger partial charge in [0.1, 0.15) is 6.79 Å². The van der Waals surface area contributed by atoms with Crippen molar-refractivity contribution < 1.29 is 26.3 Å². The van der Waals surface area contributed by atoms with Gasteiger partial charge in [-0.1, -0.05) is 36.4 Å². The molecule has 10 heteroatoms. The topological polar surface area (TPSA) is 93.2 Å². The van der Waals surface area contributed by atoms with Gasteiger partial charge in [0.15, 0.2) is 0 Å². The highest BCUT2D eigenvalue weighted by atomic mass is 32.2. The maximum absolute atomic E-state index is 12.9. The largest absolute Gasteiger partial charge is 0.354 e. The van der Waals surface area contributed by atoms with Crippen molar-refractivity contribution in [3.05, 3.63) is 60.7 Å². The summed E-state index contributed by atoms with van der Waals surface area (Å²) in [4.78, 5) is 0.572. The second-order valence-corrected chi connectivity index (χ2v) is 12.1. The predicted molar refractivity (Wildman–Crippen MR) is 123 cm³/mol. The van der Waals surface area contributed by atoms with Crippen LogP contribution < -0.4 is 0 Å². The molecule has 2 saturated heterocycles. The first-order chi connectivity index (χ1) is 15.9. The van der Waals surface area contributed by atoms with E-state index in [2.05, 4.69) is 0 Å². The van der Waals surface area contributed by atoms with Crippen LogP contribution in [0.4, 0.5) is 0 Å². The lowest BCUT2D eigenvalue weighted by Gasteiger charge is -2.25. The molecule has 2 aliphatic heterocycles. The van der Waals surface area contributed by atoms with Crippen LogP contribution in [-0.4, -0.2) is 70.6 Å². The molecule has 2 atom stereocenters. The second kappa shape index (κ2) is 10.6. The van der Waals surface area contributed by atoms with Gasteiger partial charge in [-0.3, -0.25) is 0 Å². The molecule has 8 nitrogen and oxygen atoms in total. The average molecular weight is 495 g/mol. The number of nitrogens with zero attached hydrogens (tertiary/aromatic N) is 2. The van der Waals surface area contributed by atoms with Crippen LogP contribution in [-0.2, 0) is 29.5 Å². The summed E-state index contributed by atoms with van der Waals surface area (Å²) < 4.78 is 66.0. The molecule has 2 heterocycles. The van der Waals surface area contributed by atoms with Gasteiger partial charge in [-0.2, -0.15) is 8.61 Å². The van der Waals surface area contributed by atoms with Crippen LogP contribution in [0, 0.1) is 0 Å². The van der Waals surface area contributed by atoms with E-state index in [0.29, 0.717) is 13.1 Å².